The van der Waals surface area contributed by atoms with Gasteiger partial charge in [0.05, 0.1) is 12.0 Å². The van der Waals surface area contributed by atoms with Gasteiger partial charge in [0.15, 0.2) is 0 Å². The number of rotatable bonds is 2. The molecule has 78 valence electrons. The summed E-state index contributed by atoms with van der Waals surface area (Å²) in [5.41, 5.74) is 0. The zero-order chi connectivity index (χ0) is 10.8. The maximum Gasteiger partial charge on any atom is 0.349 e. The van der Waals surface area contributed by atoms with Crippen LogP contribution in [0.25, 0.3) is 0 Å². The van der Waals surface area contributed by atoms with Crippen molar-refractivity contribution in [3.8, 4) is 0 Å². The van der Waals surface area contributed by atoms with Crippen LogP contribution in [-0.4, -0.2) is 24.3 Å². The fourth-order valence-corrected chi connectivity index (χ4v) is 2.97. The van der Waals surface area contributed by atoms with Crippen LogP contribution in [0.1, 0.15) is 9.67 Å². The molecule has 0 saturated heterocycles. The van der Waals surface area contributed by atoms with Crippen LogP contribution in [0.15, 0.2) is 20.7 Å². The van der Waals surface area contributed by atoms with Crippen LogP contribution in [0, 0.1) is 0 Å². The minimum Gasteiger partial charge on any atom is -0.465 e. The Hall–Kier alpha value is -0.920. The van der Waals surface area contributed by atoms with Crippen molar-refractivity contribution in [1.29, 1.82) is 0 Å². The van der Waals surface area contributed by atoms with Crippen molar-refractivity contribution >= 4 is 27.2 Å². The number of nitrogens with two attached hydrogens (primary N) is 1. The molecule has 1 atom stereocenters. The highest BCUT2D eigenvalue weighted by molar-refractivity contribution is 7.91. The Morgan fingerprint density at radius 2 is 2.36 bits per heavy atom. The number of hydrogen-bond acceptors (Lipinski definition) is 5. The second kappa shape index (κ2) is 4.07. The molecule has 0 amide bonds. The molecule has 0 saturated carbocycles. The van der Waals surface area contributed by atoms with E-state index in [9.17, 15) is 9.00 Å². The van der Waals surface area contributed by atoms with Crippen LogP contribution in [0.5, 0.6) is 0 Å². The van der Waals surface area contributed by atoms with E-state index < -0.39 is 15.9 Å². The van der Waals surface area contributed by atoms with Crippen LogP contribution in [0.4, 0.5) is 0 Å². The number of carbonyl (C=O) groups excluding carboxylic acids is 1. The molecule has 1 unspecified atom stereocenters. The van der Waals surface area contributed by atoms with Crippen molar-refractivity contribution in [2.75, 3.05) is 14.2 Å². The highest BCUT2D eigenvalue weighted by Crippen LogP contribution is 2.22. The first-order chi connectivity index (χ1) is 6.53. The lowest BCUT2D eigenvalue weighted by molar-refractivity contribution is 0.0602. The van der Waals surface area contributed by atoms with Crippen molar-refractivity contribution < 1.29 is 13.7 Å². The van der Waals surface area contributed by atoms with E-state index in [0.717, 1.165) is 11.3 Å². The summed E-state index contributed by atoms with van der Waals surface area (Å²) < 4.78 is 19.7. The molecule has 14 heavy (non-hydrogen) atoms. The van der Waals surface area contributed by atoms with Crippen molar-refractivity contribution in [3.05, 3.63) is 16.3 Å². The van der Waals surface area contributed by atoms with E-state index in [1.807, 2.05) is 0 Å². The largest absolute Gasteiger partial charge is 0.465 e. The Morgan fingerprint density at radius 1 is 1.71 bits per heavy atom. The Kier molecular flexibility index (Phi) is 3.25. The summed E-state index contributed by atoms with van der Waals surface area (Å²) in [6, 6.07) is 1.52. The molecule has 0 spiro atoms. The third-order valence-corrected chi connectivity index (χ3v) is 4.12. The number of hydrogen-bond donors (Lipinski definition) is 1. The minimum atomic E-state index is -2.96. The highest BCUT2D eigenvalue weighted by atomic mass is 32.2. The van der Waals surface area contributed by atoms with Gasteiger partial charge < -0.3 is 4.74 Å². The number of esters is 1. The number of methoxy groups -OCH3 is 1. The second-order valence-corrected chi connectivity index (χ2v) is 5.22. The van der Waals surface area contributed by atoms with E-state index in [1.165, 1.54) is 20.2 Å². The summed E-state index contributed by atoms with van der Waals surface area (Å²) in [6.07, 6.45) is 0. The van der Waals surface area contributed by atoms with Gasteiger partial charge in [-0.05, 0) is 11.4 Å². The Bertz CT molecular complexity index is 457. The quantitative estimate of drug-likeness (QED) is 0.771. The maximum absolute atomic E-state index is 11.7. The SMILES string of the molecule is CN=S(N)(=O)c1ccsc1C(=O)OC. The smallest absolute Gasteiger partial charge is 0.349 e. The molecule has 1 heterocycles. The molecule has 0 bridgehead atoms. The number of carbonyl (C=O) groups is 1. The van der Waals surface area contributed by atoms with Crippen LogP contribution >= 0.6 is 11.3 Å². The van der Waals surface area contributed by atoms with Gasteiger partial charge in [0.2, 0.25) is 0 Å². The minimum absolute atomic E-state index is 0.233. The molecule has 5 nitrogen and oxygen atoms in total. The van der Waals surface area contributed by atoms with Crippen molar-refractivity contribution in [2.45, 2.75) is 4.90 Å². The zero-order valence-electron chi connectivity index (χ0n) is 7.72. The van der Waals surface area contributed by atoms with Crippen molar-refractivity contribution in [3.63, 3.8) is 0 Å². The molecule has 0 radical (unpaired) electrons. The van der Waals surface area contributed by atoms with Gasteiger partial charge in [0.1, 0.15) is 14.8 Å². The van der Waals surface area contributed by atoms with Gasteiger partial charge >= 0.3 is 5.97 Å². The number of nitrogens with zero attached hydrogens (tertiary/aromatic N) is 1. The summed E-state index contributed by atoms with van der Waals surface area (Å²) in [6.45, 7) is 0. The van der Waals surface area contributed by atoms with Gasteiger partial charge in [0, 0.05) is 7.05 Å². The molecule has 0 aliphatic heterocycles. The van der Waals surface area contributed by atoms with Gasteiger partial charge in [-0.3, -0.25) is 0 Å². The molecule has 0 aliphatic carbocycles. The first-order valence-electron chi connectivity index (χ1n) is 3.61. The predicted molar refractivity (Wildman–Crippen MR) is 54.6 cm³/mol. The Labute approximate surface area is 86.2 Å². The lowest BCUT2D eigenvalue weighted by Crippen LogP contribution is -2.15. The van der Waals surface area contributed by atoms with E-state index in [-0.39, 0.29) is 9.77 Å². The van der Waals surface area contributed by atoms with Crippen LogP contribution in [0.2, 0.25) is 0 Å². The summed E-state index contributed by atoms with van der Waals surface area (Å²) in [4.78, 5) is 11.7. The molecule has 0 aromatic carbocycles. The predicted octanol–water partition coefficient (Wildman–Crippen LogP) is 0.865. The fourth-order valence-electron chi connectivity index (χ4n) is 0.868. The van der Waals surface area contributed by atoms with Gasteiger partial charge in [-0.15, -0.1) is 11.3 Å². The molecular formula is C7H10N2O3S2. The topological polar surface area (TPSA) is 81.8 Å². The molecule has 2 N–H and O–H groups in total. The molecule has 1 aromatic heterocycles. The molecule has 1 aromatic rings. The van der Waals surface area contributed by atoms with Crippen LogP contribution in [0.3, 0.4) is 0 Å². The third kappa shape index (κ3) is 1.94. The summed E-state index contributed by atoms with van der Waals surface area (Å²) in [5, 5.41) is 7.06. The lowest BCUT2D eigenvalue weighted by atomic mass is 10.5. The first-order valence-corrected chi connectivity index (χ1v) is 6.07. The van der Waals surface area contributed by atoms with Crippen molar-refractivity contribution in [1.82, 2.24) is 0 Å². The van der Waals surface area contributed by atoms with Gasteiger partial charge in [-0.1, -0.05) is 0 Å². The molecule has 7 heteroatoms. The van der Waals surface area contributed by atoms with E-state index in [1.54, 1.807) is 5.38 Å². The normalized spacial score (nSPS) is 14.5. The second-order valence-electron chi connectivity index (χ2n) is 2.36. The van der Waals surface area contributed by atoms with E-state index in [0.29, 0.717) is 0 Å². The van der Waals surface area contributed by atoms with Crippen LogP contribution in [-0.2, 0) is 14.7 Å². The third-order valence-electron chi connectivity index (χ3n) is 1.59. The molecule has 0 fully saturated rings. The van der Waals surface area contributed by atoms with E-state index in [4.69, 9.17) is 5.14 Å². The average Bonchev–Trinajstić information content (AvgIpc) is 2.65. The van der Waals surface area contributed by atoms with Crippen LogP contribution < -0.4 is 5.14 Å². The van der Waals surface area contributed by atoms with E-state index >= 15 is 0 Å². The monoisotopic (exact) mass is 234 g/mol. The molecule has 1 rings (SSSR count). The zero-order valence-corrected chi connectivity index (χ0v) is 9.35. The summed E-state index contributed by atoms with van der Waals surface area (Å²) in [5.74, 6) is -0.545. The fraction of sp³-hybridized carbons (Fsp3) is 0.286. The molecule has 0 aliphatic rings. The summed E-state index contributed by atoms with van der Waals surface area (Å²) >= 11 is 1.13. The van der Waals surface area contributed by atoms with Crippen molar-refractivity contribution in [2.24, 2.45) is 9.50 Å². The number of ether oxygens (including phenoxy) is 1. The van der Waals surface area contributed by atoms with Gasteiger partial charge in [-0.2, -0.15) is 0 Å². The standard InChI is InChI=1S/C7H10N2O3S2/c1-9-14(8,11)5-3-4-13-6(5)7(10)12-2/h3-4H,1-2H3,(H2,8,9,11). The Morgan fingerprint density at radius 3 is 2.86 bits per heavy atom. The van der Waals surface area contributed by atoms with Gasteiger partial charge in [0.25, 0.3) is 0 Å². The van der Waals surface area contributed by atoms with Gasteiger partial charge in [-0.25, -0.2) is 18.5 Å². The van der Waals surface area contributed by atoms with E-state index in [2.05, 4.69) is 9.10 Å². The number of thiophene rings is 1. The maximum atomic E-state index is 11.7. The Balaban J connectivity index is 3.32. The summed E-state index contributed by atoms with van der Waals surface area (Å²) in [7, 11) is -0.351. The average molecular weight is 234 g/mol. The lowest BCUT2D eigenvalue weighted by Gasteiger charge is -2.02. The molecular weight excluding hydrogens is 224 g/mol. The highest BCUT2D eigenvalue weighted by Gasteiger charge is 2.19. The first kappa shape index (κ1) is 11.2.